The topological polar surface area (TPSA) is 52.3 Å². The van der Waals surface area contributed by atoms with Gasteiger partial charge in [-0.3, -0.25) is 4.79 Å². The third kappa shape index (κ3) is 3.35. The van der Waals surface area contributed by atoms with Crippen molar-refractivity contribution in [3.05, 3.63) is 59.4 Å². The number of hydrogen-bond donors (Lipinski definition) is 1. The van der Waals surface area contributed by atoms with Crippen LogP contribution in [-0.4, -0.2) is 12.9 Å². The van der Waals surface area contributed by atoms with Gasteiger partial charge in [0.15, 0.2) is 17.3 Å². The van der Waals surface area contributed by atoms with Gasteiger partial charge >= 0.3 is 0 Å². The molecule has 0 atom stereocenters. The predicted octanol–water partition coefficient (Wildman–Crippen LogP) is 3.23. The Balaban J connectivity index is 2.01. The number of carbonyl (C=O) groups excluding carboxylic acids is 1. The number of rotatable bonds is 5. The summed E-state index contributed by atoms with van der Waals surface area (Å²) in [5.74, 6) is -0.478. The van der Waals surface area contributed by atoms with Gasteiger partial charge in [0, 0.05) is 17.7 Å². The number of carbonyl (C=O) groups is 1. The van der Waals surface area contributed by atoms with Crippen LogP contribution in [0.2, 0.25) is 0 Å². The summed E-state index contributed by atoms with van der Waals surface area (Å²) in [5.41, 5.74) is 7.68. The normalized spacial score (nSPS) is 10.3. The van der Waals surface area contributed by atoms with Gasteiger partial charge < -0.3 is 10.5 Å². The summed E-state index contributed by atoms with van der Waals surface area (Å²) < 4.78 is 18.3. The first-order chi connectivity index (χ1) is 9.60. The van der Waals surface area contributed by atoms with Gasteiger partial charge in [0.25, 0.3) is 0 Å². The van der Waals surface area contributed by atoms with E-state index in [1.54, 1.807) is 18.2 Å². The summed E-state index contributed by atoms with van der Waals surface area (Å²) >= 11 is 0. The smallest absolute Gasteiger partial charge is 0.165 e. The molecule has 2 aromatic carbocycles. The molecule has 0 amide bonds. The Labute approximate surface area is 117 Å². The average Bonchev–Trinajstić information content (AvgIpc) is 2.46. The molecule has 0 saturated carbocycles. The van der Waals surface area contributed by atoms with Crippen LogP contribution in [0.15, 0.2) is 42.5 Å². The van der Waals surface area contributed by atoms with Crippen LogP contribution >= 0.6 is 0 Å². The van der Waals surface area contributed by atoms with Crippen LogP contribution in [0.4, 0.5) is 10.1 Å². The standard InChI is InChI=1S/C16H16FNO2/c1-20-16-9-5-12(10-14(16)17)15(19)8-4-11-2-6-13(18)7-3-11/h2-3,5-7,9-10H,4,8,18H2,1H3. The second-order valence-corrected chi connectivity index (χ2v) is 4.51. The summed E-state index contributed by atoms with van der Waals surface area (Å²) in [6.07, 6.45) is 0.933. The summed E-state index contributed by atoms with van der Waals surface area (Å²) in [6, 6.07) is 11.6. The molecule has 104 valence electrons. The highest BCUT2D eigenvalue weighted by Gasteiger charge is 2.10. The van der Waals surface area contributed by atoms with E-state index in [9.17, 15) is 9.18 Å². The van der Waals surface area contributed by atoms with E-state index in [2.05, 4.69) is 0 Å². The van der Waals surface area contributed by atoms with Gasteiger partial charge in [0.1, 0.15) is 0 Å². The highest BCUT2D eigenvalue weighted by Crippen LogP contribution is 2.19. The molecule has 0 fully saturated rings. The van der Waals surface area contributed by atoms with Gasteiger partial charge in [0.2, 0.25) is 0 Å². The predicted molar refractivity (Wildman–Crippen MR) is 76.5 cm³/mol. The maximum Gasteiger partial charge on any atom is 0.165 e. The van der Waals surface area contributed by atoms with Crippen molar-refractivity contribution in [3.8, 4) is 5.75 Å². The number of nitrogen functional groups attached to an aromatic ring is 1. The molecule has 3 nitrogen and oxygen atoms in total. The first kappa shape index (κ1) is 14.1. The summed E-state index contributed by atoms with van der Waals surface area (Å²) in [5, 5.41) is 0. The third-order valence-corrected chi connectivity index (χ3v) is 3.09. The van der Waals surface area contributed by atoms with E-state index in [0.29, 0.717) is 24.1 Å². The minimum absolute atomic E-state index is 0.0941. The molecule has 0 heterocycles. The molecule has 4 heteroatoms. The summed E-state index contributed by atoms with van der Waals surface area (Å²) in [6.45, 7) is 0. The number of hydrogen-bond acceptors (Lipinski definition) is 3. The van der Waals surface area contributed by atoms with E-state index in [-0.39, 0.29) is 11.5 Å². The van der Waals surface area contributed by atoms with Crippen molar-refractivity contribution in [3.63, 3.8) is 0 Å². The van der Waals surface area contributed by atoms with Crippen LogP contribution in [-0.2, 0) is 6.42 Å². The van der Waals surface area contributed by atoms with E-state index >= 15 is 0 Å². The van der Waals surface area contributed by atoms with Crippen LogP contribution in [0.25, 0.3) is 0 Å². The molecule has 0 aliphatic heterocycles. The fraction of sp³-hybridized carbons (Fsp3) is 0.188. The monoisotopic (exact) mass is 273 g/mol. The van der Waals surface area contributed by atoms with E-state index in [4.69, 9.17) is 10.5 Å². The van der Waals surface area contributed by atoms with Gasteiger partial charge in [-0.05, 0) is 42.3 Å². The maximum absolute atomic E-state index is 13.5. The maximum atomic E-state index is 13.5. The van der Waals surface area contributed by atoms with Crippen LogP contribution in [0.3, 0.4) is 0 Å². The number of Topliss-reactive ketones (excluding diaryl/α,β-unsaturated/α-hetero) is 1. The molecule has 20 heavy (non-hydrogen) atoms. The molecule has 0 saturated heterocycles. The second kappa shape index (κ2) is 6.19. The largest absolute Gasteiger partial charge is 0.494 e. The molecular formula is C16H16FNO2. The zero-order valence-electron chi connectivity index (χ0n) is 11.2. The minimum Gasteiger partial charge on any atom is -0.494 e. The SMILES string of the molecule is COc1ccc(C(=O)CCc2ccc(N)cc2)cc1F. The van der Waals surface area contributed by atoms with Gasteiger partial charge in [-0.25, -0.2) is 4.39 Å². The molecule has 2 aromatic rings. The van der Waals surface area contributed by atoms with Crippen LogP contribution < -0.4 is 10.5 Å². The fourth-order valence-corrected chi connectivity index (χ4v) is 1.93. The second-order valence-electron chi connectivity index (χ2n) is 4.51. The Morgan fingerprint density at radius 1 is 1.20 bits per heavy atom. The molecule has 2 N–H and O–H groups in total. The van der Waals surface area contributed by atoms with Crippen molar-refractivity contribution >= 4 is 11.5 Å². The zero-order chi connectivity index (χ0) is 14.5. The molecule has 0 aromatic heterocycles. The Morgan fingerprint density at radius 3 is 2.50 bits per heavy atom. The van der Waals surface area contributed by atoms with Crippen molar-refractivity contribution in [2.45, 2.75) is 12.8 Å². The van der Waals surface area contributed by atoms with Gasteiger partial charge in [-0.15, -0.1) is 0 Å². The highest BCUT2D eigenvalue weighted by molar-refractivity contribution is 5.96. The van der Waals surface area contributed by atoms with Crippen molar-refractivity contribution in [2.24, 2.45) is 0 Å². The highest BCUT2D eigenvalue weighted by atomic mass is 19.1. The lowest BCUT2D eigenvalue weighted by molar-refractivity contribution is 0.0982. The molecule has 2 rings (SSSR count). The van der Waals surface area contributed by atoms with E-state index < -0.39 is 5.82 Å². The lowest BCUT2D eigenvalue weighted by Gasteiger charge is -2.05. The Kier molecular flexibility index (Phi) is 4.35. The Hall–Kier alpha value is -2.36. The average molecular weight is 273 g/mol. The number of benzene rings is 2. The quantitative estimate of drug-likeness (QED) is 0.672. The molecule has 0 aliphatic carbocycles. The van der Waals surface area contributed by atoms with Crippen molar-refractivity contribution in [2.75, 3.05) is 12.8 Å². The zero-order valence-corrected chi connectivity index (χ0v) is 11.2. The number of anilines is 1. The summed E-state index contributed by atoms with van der Waals surface area (Å²) in [4.78, 5) is 12.0. The molecule has 0 aliphatic rings. The number of ether oxygens (including phenoxy) is 1. The van der Waals surface area contributed by atoms with Crippen LogP contribution in [0.1, 0.15) is 22.3 Å². The molecule has 0 bridgehead atoms. The lowest BCUT2D eigenvalue weighted by atomic mass is 10.0. The van der Waals surface area contributed by atoms with Crippen LogP contribution in [0.5, 0.6) is 5.75 Å². The van der Waals surface area contributed by atoms with Crippen molar-refractivity contribution in [1.29, 1.82) is 0 Å². The third-order valence-electron chi connectivity index (χ3n) is 3.09. The van der Waals surface area contributed by atoms with Crippen molar-refractivity contribution < 1.29 is 13.9 Å². The Morgan fingerprint density at radius 2 is 1.90 bits per heavy atom. The van der Waals surface area contributed by atoms with Crippen LogP contribution in [0, 0.1) is 5.82 Å². The number of aryl methyl sites for hydroxylation is 1. The first-order valence-corrected chi connectivity index (χ1v) is 6.31. The van der Waals surface area contributed by atoms with E-state index in [1.807, 2.05) is 12.1 Å². The first-order valence-electron chi connectivity index (χ1n) is 6.31. The van der Waals surface area contributed by atoms with Gasteiger partial charge in [-0.2, -0.15) is 0 Å². The molecule has 0 spiro atoms. The van der Waals surface area contributed by atoms with Gasteiger partial charge in [0.05, 0.1) is 7.11 Å². The summed E-state index contributed by atoms with van der Waals surface area (Å²) in [7, 11) is 1.39. The fourth-order valence-electron chi connectivity index (χ4n) is 1.93. The van der Waals surface area contributed by atoms with E-state index in [1.165, 1.54) is 19.2 Å². The van der Waals surface area contributed by atoms with Gasteiger partial charge in [-0.1, -0.05) is 12.1 Å². The Bertz CT molecular complexity index is 608. The molecular weight excluding hydrogens is 257 g/mol. The number of methoxy groups -OCH3 is 1. The lowest BCUT2D eigenvalue weighted by Crippen LogP contribution is -2.02. The number of ketones is 1. The van der Waals surface area contributed by atoms with Crippen molar-refractivity contribution in [1.82, 2.24) is 0 Å². The minimum atomic E-state index is -0.522. The number of nitrogens with two attached hydrogens (primary N) is 1. The number of halogens is 1. The molecule has 0 radical (unpaired) electrons. The van der Waals surface area contributed by atoms with E-state index in [0.717, 1.165) is 5.56 Å². The molecule has 0 unspecified atom stereocenters.